The molecule has 3 amide bonds. The fourth-order valence-corrected chi connectivity index (χ4v) is 2.18. The molecule has 7 heteroatoms. The zero-order chi connectivity index (χ0) is 16.8. The molecule has 0 aromatic heterocycles. The number of hydrogen-bond donors (Lipinski definition) is 2. The summed E-state index contributed by atoms with van der Waals surface area (Å²) in [5.41, 5.74) is 0.574. The van der Waals surface area contributed by atoms with Crippen LogP contribution in [0.15, 0.2) is 48.5 Å². The molecule has 0 saturated carbocycles. The number of urea groups is 1. The average Bonchev–Trinajstić information content (AvgIpc) is 2.56. The molecule has 23 heavy (non-hydrogen) atoms. The number of benzene rings is 2. The highest BCUT2D eigenvalue weighted by Crippen LogP contribution is 2.34. The van der Waals surface area contributed by atoms with E-state index in [1.165, 1.54) is 7.05 Å². The Kier molecular flexibility index (Phi) is 5.84. The lowest BCUT2D eigenvalue weighted by molar-refractivity contribution is -0.127. The third-order valence-electron chi connectivity index (χ3n) is 2.97. The quantitative estimate of drug-likeness (QED) is 0.883. The smallest absolute Gasteiger partial charge is 0.321 e. The minimum absolute atomic E-state index is 0.197. The molecule has 1 atom stereocenters. The van der Waals surface area contributed by atoms with Crippen molar-refractivity contribution < 1.29 is 14.3 Å². The van der Waals surface area contributed by atoms with Crippen LogP contribution in [0.2, 0.25) is 10.0 Å². The van der Waals surface area contributed by atoms with Crippen molar-refractivity contribution in [3.8, 4) is 5.75 Å². The summed E-state index contributed by atoms with van der Waals surface area (Å²) in [6.07, 6.45) is -1.05. The molecule has 0 bridgehead atoms. The molecule has 0 fully saturated rings. The van der Waals surface area contributed by atoms with Crippen LogP contribution in [0.25, 0.3) is 0 Å². The average molecular weight is 353 g/mol. The second-order valence-corrected chi connectivity index (χ2v) is 5.31. The number of hydrogen-bond acceptors (Lipinski definition) is 3. The van der Waals surface area contributed by atoms with E-state index in [0.717, 1.165) is 0 Å². The van der Waals surface area contributed by atoms with Gasteiger partial charge < -0.3 is 10.1 Å². The minimum atomic E-state index is -1.05. The van der Waals surface area contributed by atoms with Crippen LogP contribution in [-0.4, -0.2) is 19.0 Å². The molecule has 0 aliphatic heterocycles. The van der Waals surface area contributed by atoms with Gasteiger partial charge in [0.2, 0.25) is 6.10 Å². The maximum atomic E-state index is 12.3. The third-order valence-corrected chi connectivity index (χ3v) is 3.77. The van der Waals surface area contributed by atoms with Gasteiger partial charge in [0.1, 0.15) is 10.8 Å². The van der Waals surface area contributed by atoms with Crippen LogP contribution in [0.5, 0.6) is 5.75 Å². The largest absolute Gasteiger partial charge is 0.474 e. The molecular formula is C16H14Cl2N2O3. The van der Waals surface area contributed by atoms with Gasteiger partial charge in [0.05, 0.1) is 5.02 Å². The highest BCUT2D eigenvalue weighted by molar-refractivity contribution is 6.42. The molecule has 0 aliphatic carbocycles. The number of rotatable bonds is 4. The first-order chi connectivity index (χ1) is 11.0. The van der Waals surface area contributed by atoms with Crippen LogP contribution in [0.3, 0.4) is 0 Å². The van der Waals surface area contributed by atoms with Crippen LogP contribution in [0, 0.1) is 0 Å². The highest BCUT2D eigenvalue weighted by Gasteiger charge is 2.25. The summed E-state index contributed by atoms with van der Waals surface area (Å²) in [6, 6.07) is 13.0. The van der Waals surface area contributed by atoms with E-state index in [4.69, 9.17) is 27.9 Å². The molecule has 0 aliphatic rings. The minimum Gasteiger partial charge on any atom is -0.474 e. The summed E-state index contributed by atoms with van der Waals surface area (Å²) >= 11 is 12.0. The van der Waals surface area contributed by atoms with Crippen LogP contribution in [0.4, 0.5) is 4.79 Å². The van der Waals surface area contributed by atoms with Gasteiger partial charge in [0.15, 0.2) is 0 Å². The molecule has 2 N–H and O–H groups in total. The number of carbonyl (C=O) groups excluding carboxylic acids is 2. The van der Waals surface area contributed by atoms with Gasteiger partial charge in [0.25, 0.3) is 5.91 Å². The zero-order valence-electron chi connectivity index (χ0n) is 12.2. The fourth-order valence-electron chi connectivity index (χ4n) is 1.84. The Bertz CT molecular complexity index is 708. The Morgan fingerprint density at radius 1 is 1.04 bits per heavy atom. The second-order valence-electron chi connectivity index (χ2n) is 4.53. The lowest BCUT2D eigenvalue weighted by Crippen LogP contribution is -2.41. The van der Waals surface area contributed by atoms with E-state index in [9.17, 15) is 9.59 Å². The first kappa shape index (κ1) is 17.1. The summed E-state index contributed by atoms with van der Waals surface area (Å²) in [5.74, 6) is -0.369. The van der Waals surface area contributed by atoms with E-state index in [-0.39, 0.29) is 10.8 Å². The topological polar surface area (TPSA) is 67.4 Å². The Balaban J connectivity index is 2.32. The Labute approximate surface area is 143 Å². The summed E-state index contributed by atoms with van der Waals surface area (Å²) < 4.78 is 5.71. The second kappa shape index (κ2) is 7.85. The van der Waals surface area contributed by atoms with Gasteiger partial charge in [-0.3, -0.25) is 10.1 Å². The summed E-state index contributed by atoms with van der Waals surface area (Å²) in [5, 5.41) is 5.01. The number of nitrogens with one attached hydrogen (secondary N) is 2. The lowest BCUT2D eigenvalue weighted by atomic mass is 10.1. The molecule has 0 saturated heterocycles. The maximum absolute atomic E-state index is 12.3. The van der Waals surface area contributed by atoms with E-state index in [2.05, 4.69) is 10.6 Å². The van der Waals surface area contributed by atoms with Gasteiger partial charge in [-0.1, -0.05) is 59.6 Å². The van der Waals surface area contributed by atoms with Gasteiger partial charge in [-0.05, 0) is 12.1 Å². The van der Waals surface area contributed by atoms with E-state index in [0.29, 0.717) is 10.6 Å². The molecule has 0 unspecified atom stereocenters. The monoisotopic (exact) mass is 352 g/mol. The van der Waals surface area contributed by atoms with Crippen molar-refractivity contribution in [2.75, 3.05) is 7.05 Å². The molecule has 2 aromatic rings. The lowest BCUT2D eigenvalue weighted by Gasteiger charge is -2.19. The third kappa shape index (κ3) is 4.37. The molecule has 2 aromatic carbocycles. The molecule has 0 spiro atoms. The fraction of sp³-hybridized carbons (Fsp3) is 0.125. The van der Waals surface area contributed by atoms with Gasteiger partial charge in [-0.25, -0.2) is 4.79 Å². The molecule has 0 heterocycles. The van der Waals surface area contributed by atoms with Crippen LogP contribution < -0.4 is 15.4 Å². The maximum Gasteiger partial charge on any atom is 0.321 e. The molecule has 0 radical (unpaired) electrons. The van der Waals surface area contributed by atoms with Crippen molar-refractivity contribution in [1.82, 2.24) is 10.6 Å². The van der Waals surface area contributed by atoms with Crippen LogP contribution in [0.1, 0.15) is 11.7 Å². The van der Waals surface area contributed by atoms with Crippen LogP contribution in [-0.2, 0) is 4.79 Å². The summed E-state index contributed by atoms with van der Waals surface area (Å²) in [6.45, 7) is 0. The first-order valence-electron chi connectivity index (χ1n) is 6.71. The van der Waals surface area contributed by atoms with E-state index < -0.39 is 18.0 Å². The Hall–Kier alpha value is -2.24. The van der Waals surface area contributed by atoms with Crippen molar-refractivity contribution in [2.24, 2.45) is 0 Å². The molecular weight excluding hydrogens is 339 g/mol. The molecule has 5 nitrogen and oxygen atoms in total. The zero-order valence-corrected chi connectivity index (χ0v) is 13.7. The molecule has 2 rings (SSSR count). The van der Waals surface area contributed by atoms with E-state index in [1.807, 2.05) is 6.07 Å². The van der Waals surface area contributed by atoms with E-state index in [1.54, 1.807) is 42.5 Å². The summed E-state index contributed by atoms with van der Waals surface area (Å²) in [7, 11) is 1.41. The van der Waals surface area contributed by atoms with E-state index >= 15 is 0 Å². The van der Waals surface area contributed by atoms with Crippen molar-refractivity contribution in [3.63, 3.8) is 0 Å². The predicted molar refractivity (Wildman–Crippen MR) is 88.9 cm³/mol. The summed E-state index contributed by atoms with van der Waals surface area (Å²) in [4.78, 5) is 23.7. The number of halogens is 2. The number of ether oxygens (including phenoxy) is 1. The van der Waals surface area contributed by atoms with Crippen LogP contribution >= 0.6 is 23.2 Å². The van der Waals surface area contributed by atoms with Crippen molar-refractivity contribution in [1.29, 1.82) is 0 Å². The van der Waals surface area contributed by atoms with Crippen molar-refractivity contribution in [2.45, 2.75) is 6.10 Å². The SMILES string of the molecule is CNC(=O)NC(=O)[C@@H](Oc1cccc(Cl)c1Cl)c1ccccc1. The highest BCUT2D eigenvalue weighted by atomic mass is 35.5. The first-order valence-corrected chi connectivity index (χ1v) is 7.46. The standard InChI is InChI=1S/C16H14Cl2N2O3/c1-19-16(22)20-15(21)14(10-6-3-2-4-7-10)23-12-9-5-8-11(17)13(12)18/h2-9,14H,1H3,(H2,19,20,21,22)/t14-/m0/s1. The van der Waals surface area contributed by atoms with Gasteiger partial charge in [-0.2, -0.15) is 0 Å². The predicted octanol–water partition coefficient (Wildman–Crippen LogP) is 3.57. The van der Waals surface area contributed by atoms with Gasteiger partial charge in [0, 0.05) is 12.6 Å². The Morgan fingerprint density at radius 2 is 1.74 bits per heavy atom. The number of carbonyl (C=O) groups is 2. The van der Waals surface area contributed by atoms with Crippen molar-refractivity contribution in [3.05, 3.63) is 64.1 Å². The van der Waals surface area contributed by atoms with Gasteiger partial charge >= 0.3 is 6.03 Å². The number of amides is 3. The normalized spacial score (nSPS) is 11.4. The Morgan fingerprint density at radius 3 is 2.39 bits per heavy atom. The van der Waals surface area contributed by atoms with Gasteiger partial charge in [-0.15, -0.1) is 0 Å². The molecule has 120 valence electrons. The van der Waals surface area contributed by atoms with Crippen molar-refractivity contribution >= 4 is 35.1 Å². The number of imide groups is 1.